The largest absolute Gasteiger partial charge is 0.435 e. The zero-order valence-electron chi connectivity index (χ0n) is 13.1. The second kappa shape index (κ2) is 10.6. The molecule has 21 heavy (non-hydrogen) atoms. The number of benzene rings is 1. The van der Waals surface area contributed by atoms with Gasteiger partial charge in [0.25, 0.3) is 0 Å². The van der Waals surface area contributed by atoms with Crippen molar-refractivity contribution in [2.75, 3.05) is 6.54 Å². The lowest BCUT2D eigenvalue weighted by Gasteiger charge is -2.19. The highest BCUT2D eigenvalue weighted by molar-refractivity contribution is 5.30. The van der Waals surface area contributed by atoms with Crippen molar-refractivity contribution in [3.05, 3.63) is 29.8 Å². The number of hydrogen-bond acceptors (Lipinski definition) is 2. The normalized spacial score (nSPS) is 12.6. The van der Waals surface area contributed by atoms with Crippen molar-refractivity contribution >= 4 is 0 Å². The third kappa shape index (κ3) is 7.42. The second-order valence-corrected chi connectivity index (χ2v) is 5.26. The lowest BCUT2D eigenvalue weighted by molar-refractivity contribution is -0.0499. The summed E-state index contributed by atoms with van der Waals surface area (Å²) in [5.41, 5.74) is 1.02. The molecule has 0 heterocycles. The smallest absolute Gasteiger partial charge is 0.387 e. The standard InChI is InChI=1S/C17H27F2NO/c1-3-5-6-7-8-12-16(20-4-2)14-10-9-11-15(13-14)21-17(18)19/h9-11,13,16-17,20H,3-8,12H2,1-2H3. The summed E-state index contributed by atoms with van der Waals surface area (Å²) in [5, 5.41) is 3.43. The molecule has 0 radical (unpaired) electrons. The predicted molar refractivity (Wildman–Crippen MR) is 82.9 cm³/mol. The van der Waals surface area contributed by atoms with Gasteiger partial charge in [0.05, 0.1) is 0 Å². The molecular weight excluding hydrogens is 272 g/mol. The van der Waals surface area contributed by atoms with Crippen LogP contribution in [0, 0.1) is 0 Å². The maximum atomic E-state index is 12.3. The summed E-state index contributed by atoms with van der Waals surface area (Å²) in [6.07, 6.45) is 7.19. The van der Waals surface area contributed by atoms with Crippen molar-refractivity contribution in [1.82, 2.24) is 5.32 Å². The molecule has 0 amide bonds. The molecule has 1 aromatic carbocycles. The second-order valence-electron chi connectivity index (χ2n) is 5.26. The van der Waals surface area contributed by atoms with Crippen LogP contribution >= 0.6 is 0 Å². The summed E-state index contributed by atoms with van der Waals surface area (Å²) in [4.78, 5) is 0. The van der Waals surface area contributed by atoms with E-state index in [9.17, 15) is 8.78 Å². The Morgan fingerprint density at radius 2 is 1.86 bits per heavy atom. The molecule has 0 fully saturated rings. The maximum absolute atomic E-state index is 12.3. The fourth-order valence-corrected chi connectivity index (χ4v) is 2.49. The van der Waals surface area contributed by atoms with Crippen molar-refractivity contribution in [1.29, 1.82) is 0 Å². The van der Waals surface area contributed by atoms with Crippen molar-refractivity contribution in [2.45, 2.75) is 65.0 Å². The quantitative estimate of drug-likeness (QED) is 0.560. The van der Waals surface area contributed by atoms with E-state index in [1.54, 1.807) is 18.2 Å². The first-order valence-corrected chi connectivity index (χ1v) is 7.95. The Morgan fingerprint density at radius 3 is 2.52 bits per heavy atom. The highest BCUT2D eigenvalue weighted by Crippen LogP contribution is 2.24. The lowest BCUT2D eigenvalue weighted by Crippen LogP contribution is -2.21. The van der Waals surface area contributed by atoms with Gasteiger partial charge in [-0.15, -0.1) is 0 Å². The zero-order chi connectivity index (χ0) is 15.5. The van der Waals surface area contributed by atoms with Crippen LogP contribution in [0.3, 0.4) is 0 Å². The molecule has 0 spiro atoms. The van der Waals surface area contributed by atoms with Gasteiger partial charge in [0.15, 0.2) is 0 Å². The van der Waals surface area contributed by atoms with Crippen LogP contribution in [0.4, 0.5) is 8.78 Å². The van der Waals surface area contributed by atoms with E-state index in [4.69, 9.17) is 0 Å². The van der Waals surface area contributed by atoms with E-state index in [1.807, 2.05) is 6.07 Å². The molecule has 0 saturated carbocycles. The third-order valence-electron chi connectivity index (χ3n) is 3.53. The van der Waals surface area contributed by atoms with Gasteiger partial charge in [-0.3, -0.25) is 0 Å². The Hall–Kier alpha value is -1.16. The molecule has 0 saturated heterocycles. The lowest BCUT2D eigenvalue weighted by atomic mass is 9.99. The number of alkyl halides is 2. The monoisotopic (exact) mass is 299 g/mol. The van der Waals surface area contributed by atoms with Gasteiger partial charge in [-0.25, -0.2) is 0 Å². The molecule has 1 atom stereocenters. The first-order chi connectivity index (χ1) is 10.2. The molecule has 0 aliphatic rings. The molecular formula is C17H27F2NO. The number of hydrogen-bond donors (Lipinski definition) is 1. The van der Waals surface area contributed by atoms with Crippen molar-refractivity contribution in [2.24, 2.45) is 0 Å². The van der Waals surface area contributed by atoms with E-state index in [0.717, 1.165) is 24.9 Å². The van der Waals surface area contributed by atoms with Crippen LogP contribution < -0.4 is 10.1 Å². The molecule has 120 valence electrons. The zero-order valence-corrected chi connectivity index (χ0v) is 13.1. The van der Waals surface area contributed by atoms with E-state index in [-0.39, 0.29) is 11.8 Å². The Balaban J connectivity index is 2.57. The SMILES string of the molecule is CCCCCCCC(NCC)c1cccc(OC(F)F)c1. The van der Waals surface area contributed by atoms with Crippen LogP contribution in [-0.2, 0) is 0 Å². The van der Waals surface area contributed by atoms with Gasteiger partial charge in [0, 0.05) is 6.04 Å². The predicted octanol–water partition coefficient (Wildman–Crippen LogP) is 5.30. The number of unbranched alkanes of at least 4 members (excludes halogenated alkanes) is 4. The molecule has 4 heteroatoms. The van der Waals surface area contributed by atoms with Gasteiger partial charge >= 0.3 is 6.61 Å². The van der Waals surface area contributed by atoms with E-state index >= 15 is 0 Å². The molecule has 0 aromatic heterocycles. The first-order valence-electron chi connectivity index (χ1n) is 7.95. The highest BCUT2D eigenvalue weighted by atomic mass is 19.3. The van der Waals surface area contributed by atoms with Crippen LogP contribution in [0.1, 0.15) is 64.0 Å². The topological polar surface area (TPSA) is 21.3 Å². The fourth-order valence-electron chi connectivity index (χ4n) is 2.49. The van der Waals surface area contributed by atoms with Crippen LogP contribution in [-0.4, -0.2) is 13.2 Å². The molecule has 2 nitrogen and oxygen atoms in total. The molecule has 0 bridgehead atoms. The Morgan fingerprint density at radius 1 is 1.10 bits per heavy atom. The number of halogens is 2. The average molecular weight is 299 g/mol. The number of rotatable bonds is 11. The summed E-state index contributed by atoms with van der Waals surface area (Å²) in [6.45, 7) is 2.35. The van der Waals surface area contributed by atoms with Crippen molar-refractivity contribution < 1.29 is 13.5 Å². The van der Waals surface area contributed by atoms with Gasteiger partial charge in [-0.2, -0.15) is 8.78 Å². The van der Waals surface area contributed by atoms with Crippen LogP contribution in [0.5, 0.6) is 5.75 Å². The molecule has 1 aromatic rings. The summed E-state index contributed by atoms with van der Waals surface area (Å²) >= 11 is 0. The molecule has 0 aliphatic carbocycles. The number of nitrogens with one attached hydrogen (secondary N) is 1. The molecule has 1 N–H and O–H groups in total. The van der Waals surface area contributed by atoms with Gasteiger partial charge in [-0.05, 0) is 30.7 Å². The third-order valence-corrected chi connectivity index (χ3v) is 3.53. The first kappa shape index (κ1) is 17.9. The molecule has 1 rings (SSSR count). The minimum Gasteiger partial charge on any atom is -0.435 e. The van der Waals surface area contributed by atoms with Gasteiger partial charge in [0.1, 0.15) is 5.75 Å². The minimum atomic E-state index is -2.77. The fraction of sp³-hybridized carbons (Fsp3) is 0.647. The van der Waals surface area contributed by atoms with Crippen LogP contribution in [0.2, 0.25) is 0 Å². The number of ether oxygens (including phenoxy) is 1. The van der Waals surface area contributed by atoms with Gasteiger partial charge in [-0.1, -0.05) is 58.1 Å². The Kier molecular flexibility index (Phi) is 8.99. The summed E-state index contributed by atoms with van der Waals surface area (Å²) in [6, 6.07) is 7.23. The van der Waals surface area contributed by atoms with E-state index in [2.05, 4.69) is 23.9 Å². The highest BCUT2D eigenvalue weighted by Gasteiger charge is 2.12. The van der Waals surface area contributed by atoms with Crippen LogP contribution in [0.25, 0.3) is 0 Å². The van der Waals surface area contributed by atoms with Crippen molar-refractivity contribution in [3.8, 4) is 5.75 Å². The van der Waals surface area contributed by atoms with E-state index in [1.165, 1.54) is 25.7 Å². The van der Waals surface area contributed by atoms with Gasteiger partial charge < -0.3 is 10.1 Å². The Bertz CT molecular complexity index is 385. The Labute approximate surface area is 126 Å². The van der Waals surface area contributed by atoms with Gasteiger partial charge in [0.2, 0.25) is 0 Å². The van der Waals surface area contributed by atoms with E-state index < -0.39 is 6.61 Å². The summed E-state index contributed by atoms with van der Waals surface area (Å²) < 4.78 is 29.0. The average Bonchev–Trinajstić information content (AvgIpc) is 2.45. The van der Waals surface area contributed by atoms with Crippen molar-refractivity contribution in [3.63, 3.8) is 0 Å². The molecule has 0 aliphatic heterocycles. The van der Waals surface area contributed by atoms with Crippen LogP contribution in [0.15, 0.2) is 24.3 Å². The maximum Gasteiger partial charge on any atom is 0.387 e. The van der Waals surface area contributed by atoms with E-state index in [0.29, 0.717) is 0 Å². The minimum absolute atomic E-state index is 0.206. The summed E-state index contributed by atoms with van der Waals surface area (Å²) in [5.74, 6) is 0.233. The summed E-state index contributed by atoms with van der Waals surface area (Å²) in [7, 11) is 0. The molecule has 1 unspecified atom stereocenters.